The molecule has 0 bridgehead atoms. The molecule has 12 nitrogen and oxygen atoms in total. The minimum Gasteiger partial charge on any atom is -0.465 e. The highest BCUT2D eigenvalue weighted by Crippen LogP contribution is 2.34. The van der Waals surface area contributed by atoms with Gasteiger partial charge in [0.05, 0.1) is 37.8 Å². The molecule has 0 saturated heterocycles. The van der Waals surface area contributed by atoms with Gasteiger partial charge in [-0.25, -0.2) is 4.98 Å². The van der Waals surface area contributed by atoms with Crippen molar-refractivity contribution in [3.63, 3.8) is 0 Å². The summed E-state index contributed by atoms with van der Waals surface area (Å²) in [6.07, 6.45) is 1.71. The van der Waals surface area contributed by atoms with Gasteiger partial charge in [0.15, 0.2) is 11.2 Å². The zero-order valence-corrected chi connectivity index (χ0v) is 19.7. The molecule has 0 radical (unpaired) electrons. The van der Waals surface area contributed by atoms with Gasteiger partial charge >= 0.3 is 5.97 Å². The highest BCUT2D eigenvalue weighted by molar-refractivity contribution is 7.50. The van der Waals surface area contributed by atoms with E-state index in [0.29, 0.717) is 17.8 Å². The number of fused-ring (bicyclic) bond motifs is 1. The number of hydrogen-bond acceptors (Lipinski definition) is 10. The Labute approximate surface area is 196 Å². The fourth-order valence-electron chi connectivity index (χ4n) is 2.92. The number of carbonyl (C=O) groups excluding carboxylic acids is 1. The zero-order valence-electron chi connectivity index (χ0n) is 18.9. The normalized spacial score (nSPS) is 12.9. The lowest BCUT2D eigenvalue weighted by Gasteiger charge is -2.22. The third-order valence-electron chi connectivity index (χ3n) is 4.63. The Morgan fingerprint density at radius 1 is 1.38 bits per heavy atom. The Morgan fingerprint density at radius 3 is 2.85 bits per heavy atom. The standard InChI is InChI=1S/C21H26N7O5P/c1-3-32-20(30)14(2)27-34(33-11-16-6-4-15(10-22)5-7-16)13-31-9-8-28-12-24-17-18(28)25-21(23)26-19(17)29/h4-7,12,14,27H,3,8-9,11,13H2,1-2H3,(H3,23,25,26,29). The predicted molar refractivity (Wildman–Crippen MR) is 125 cm³/mol. The van der Waals surface area contributed by atoms with Crippen molar-refractivity contribution in [2.45, 2.75) is 33.0 Å². The molecule has 3 rings (SSSR count). The number of aromatic nitrogens is 4. The molecule has 0 amide bonds. The van der Waals surface area contributed by atoms with Crippen LogP contribution in [0, 0.1) is 11.3 Å². The minimum atomic E-state index is -1.35. The molecule has 180 valence electrons. The quantitative estimate of drug-likeness (QED) is 0.194. The van der Waals surface area contributed by atoms with Gasteiger partial charge in [-0.05, 0) is 31.5 Å². The number of carbonyl (C=O) groups is 1. The molecule has 0 aliphatic carbocycles. The molecule has 34 heavy (non-hydrogen) atoms. The number of ether oxygens (including phenoxy) is 2. The fourth-order valence-corrected chi connectivity index (χ4v) is 4.28. The van der Waals surface area contributed by atoms with Gasteiger partial charge in [0.2, 0.25) is 5.95 Å². The van der Waals surface area contributed by atoms with Crippen LogP contribution >= 0.6 is 8.30 Å². The molecule has 4 N–H and O–H groups in total. The third-order valence-corrected chi connectivity index (χ3v) is 6.16. The predicted octanol–water partition coefficient (Wildman–Crippen LogP) is 1.62. The van der Waals surface area contributed by atoms with E-state index in [1.165, 1.54) is 6.33 Å². The molecule has 0 saturated carbocycles. The fraction of sp³-hybridized carbons (Fsp3) is 0.381. The maximum absolute atomic E-state index is 12.0. The maximum atomic E-state index is 12.0. The first-order valence-electron chi connectivity index (χ1n) is 10.5. The Morgan fingerprint density at radius 2 is 2.15 bits per heavy atom. The first kappa shape index (κ1) is 25.3. The Kier molecular flexibility index (Phi) is 9.07. The van der Waals surface area contributed by atoms with Gasteiger partial charge in [0.1, 0.15) is 20.7 Å². The van der Waals surface area contributed by atoms with E-state index in [-0.39, 0.29) is 43.6 Å². The van der Waals surface area contributed by atoms with Crippen LogP contribution in [-0.4, -0.2) is 51.1 Å². The first-order valence-corrected chi connectivity index (χ1v) is 12.0. The molecule has 0 spiro atoms. The second-order valence-electron chi connectivity index (χ2n) is 7.16. The Hall–Kier alpha value is -3.36. The Balaban J connectivity index is 1.58. The number of nitriles is 1. The van der Waals surface area contributed by atoms with Gasteiger partial charge in [-0.2, -0.15) is 10.2 Å². The molecule has 2 unspecified atom stereocenters. The minimum absolute atomic E-state index is 0.0112. The van der Waals surface area contributed by atoms with Crippen LogP contribution in [0.25, 0.3) is 11.2 Å². The number of anilines is 1. The smallest absolute Gasteiger partial charge is 0.323 e. The molecular weight excluding hydrogens is 461 g/mol. The molecule has 1 aromatic carbocycles. The monoisotopic (exact) mass is 487 g/mol. The van der Waals surface area contributed by atoms with Gasteiger partial charge in [-0.1, -0.05) is 12.1 Å². The summed E-state index contributed by atoms with van der Waals surface area (Å²) in [5.41, 5.74) is 7.24. The van der Waals surface area contributed by atoms with Gasteiger partial charge in [0.25, 0.3) is 5.56 Å². The zero-order chi connectivity index (χ0) is 24.5. The second-order valence-corrected chi connectivity index (χ2v) is 8.69. The summed E-state index contributed by atoms with van der Waals surface area (Å²) in [4.78, 5) is 34.5. The van der Waals surface area contributed by atoms with Crippen LogP contribution in [0.15, 0.2) is 35.4 Å². The number of imidazole rings is 1. The van der Waals surface area contributed by atoms with Crippen LogP contribution in [0.3, 0.4) is 0 Å². The van der Waals surface area contributed by atoms with E-state index in [1.54, 1.807) is 30.5 Å². The van der Waals surface area contributed by atoms with E-state index in [2.05, 4.69) is 26.1 Å². The lowest BCUT2D eigenvalue weighted by atomic mass is 10.2. The van der Waals surface area contributed by atoms with E-state index in [4.69, 9.17) is 25.0 Å². The van der Waals surface area contributed by atoms with E-state index >= 15 is 0 Å². The van der Waals surface area contributed by atoms with Crippen LogP contribution < -0.4 is 16.4 Å². The van der Waals surface area contributed by atoms with Crippen LogP contribution in [0.2, 0.25) is 0 Å². The summed E-state index contributed by atoms with van der Waals surface area (Å²) in [6.45, 7) is 4.68. The van der Waals surface area contributed by atoms with Crippen LogP contribution in [-0.2, 0) is 31.9 Å². The number of nitrogens with one attached hydrogen (secondary N) is 2. The molecule has 0 fully saturated rings. The lowest BCUT2D eigenvalue weighted by Crippen LogP contribution is -2.33. The van der Waals surface area contributed by atoms with E-state index < -0.39 is 19.9 Å². The van der Waals surface area contributed by atoms with E-state index in [1.807, 2.05) is 12.1 Å². The van der Waals surface area contributed by atoms with Crippen LogP contribution in [0.1, 0.15) is 25.0 Å². The summed E-state index contributed by atoms with van der Waals surface area (Å²) in [5, 5.41) is 12.1. The van der Waals surface area contributed by atoms with Crippen molar-refractivity contribution in [1.82, 2.24) is 24.6 Å². The highest BCUT2D eigenvalue weighted by Gasteiger charge is 2.20. The van der Waals surface area contributed by atoms with Crippen molar-refractivity contribution in [2.75, 3.05) is 25.3 Å². The van der Waals surface area contributed by atoms with Crippen molar-refractivity contribution in [1.29, 1.82) is 5.26 Å². The molecule has 3 aromatic rings. The molecule has 2 heterocycles. The van der Waals surface area contributed by atoms with Gasteiger partial charge < -0.3 is 24.3 Å². The lowest BCUT2D eigenvalue weighted by molar-refractivity contribution is -0.144. The number of hydrogen-bond donors (Lipinski definition) is 3. The number of nitrogens with two attached hydrogens (primary N) is 1. The number of H-pyrrole nitrogens is 1. The van der Waals surface area contributed by atoms with Crippen LogP contribution in [0.5, 0.6) is 0 Å². The largest absolute Gasteiger partial charge is 0.465 e. The molecule has 2 atom stereocenters. The number of esters is 1. The van der Waals surface area contributed by atoms with Crippen molar-refractivity contribution in [3.05, 3.63) is 52.1 Å². The SMILES string of the molecule is CCOC(=O)C(C)NP(COCCn1cnc2c(=O)[nH]c(N)nc21)OCc1ccc(C#N)cc1. The number of nitrogen functional groups attached to an aromatic ring is 1. The highest BCUT2D eigenvalue weighted by atomic mass is 31.2. The maximum Gasteiger partial charge on any atom is 0.323 e. The molecule has 13 heteroatoms. The number of benzene rings is 1. The van der Waals surface area contributed by atoms with Crippen molar-refractivity contribution >= 4 is 31.4 Å². The molecule has 0 aliphatic heterocycles. The van der Waals surface area contributed by atoms with E-state index in [9.17, 15) is 9.59 Å². The van der Waals surface area contributed by atoms with Gasteiger partial charge in [0, 0.05) is 6.54 Å². The number of aromatic amines is 1. The molecular formula is C21H26N7O5P. The summed E-state index contributed by atoms with van der Waals surface area (Å²) < 4.78 is 18.5. The van der Waals surface area contributed by atoms with Crippen molar-refractivity contribution in [3.8, 4) is 6.07 Å². The Bertz CT molecular complexity index is 1200. The summed E-state index contributed by atoms with van der Waals surface area (Å²) in [5.74, 6) is -0.368. The summed E-state index contributed by atoms with van der Waals surface area (Å²) in [7, 11) is -1.35. The van der Waals surface area contributed by atoms with Gasteiger partial charge in [-0.15, -0.1) is 0 Å². The van der Waals surface area contributed by atoms with Gasteiger partial charge in [-0.3, -0.25) is 19.7 Å². The summed E-state index contributed by atoms with van der Waals surface area (Å²) >= 11 is 0. The van der Waals surface area contributed by atoms with E-state index in [0.717, 1.165) is 5.56 Å². The second kappa shape index (κ2) is 12.2. The van der Waals surface area contributed by atoms with Crippen LogP contribution in [0.4, 0.5) is 5.95 Å². The van der Waals surface area contributed by atoms with Crippen molar-refractivity contribution in [2.24, 2.45) is 0 Å². The topological polar surface area (TPSA) is 170 Å². The third kappa shape index (κ3) is 6.82. The number of rotatable bonds is 12. The first-order chi connectivity index (χ1) is 16.4. The average Bonchev–Trinajstić information content (AvgIpc) is 3.23. The molecule has 0 aliphatic rings. The van der Waals surface area contributed by atoms with Crippen molar-refractivity contribution < 1.29 is 18.8 Å². The molecule has 2 aromatic heterocycles. The number of nitrogens with zero attached hydrogens (tertiary/aromatic N) is 4. The summed E-state index contributed by atoms with van der Waals surface area (Å²) in [6, 6.07) is 8.55. The average molecular weight is 487 g/mol.